The summed E-state index contributed by atoms with van der Waals surface area (Å²) < 4.78 is 7.20. The Morgan fingerprint density at radius 2 is 2.10 bits per heavy atom. The number of aromatic nitrogens is 2. The zero-order chi connectivity index (χ0) is 14.3. The maximum atomic E-state index is 6.29. The smallest absolute Gasteiger partial charge is 0.139 e. The molecule has 0 radical (unpaired) electrons. The van der Waals surface area contributed by atoms with Gasteiger partial charge in [-0.25, -0.2) is 4.98 Å². The van der Waals surface area contributed by atoms with Gasteiger partial charge in [0.2, 0.25) is 0 Å². The molecule has 102 valence electrons. The Kier molecular flexibility index (Phi) is 3.03. The largest absolute Gasteiger partial charge is 0.496 e. The molecule has 2 heterocycles. The van der Waals surface area contributed by atoms with Crippen LogP contribution in [0.1, 0.15) is 5.56 Å². The van der Waals surface area contributed by atoms with Gasteiger partial charge in [-0.2, -0.15) is 0 Å². The van der Waals surface area contributed by atoms with Crippen LogP contribution in [0, 0.1) is 6.92 Å². The zero-order valence-corrected chi connectivity index (χ0v) is 12.0. The summed E-state index contributed by atoms with van der Waals surface area (Å²) in [6.07, 6.45) is 1.90. The van der Waals surface area contributed by atoms with E-state index in [1.807, 2.05) is 41.8 Å². The standard InChI is InChI=1S/C15H14ClN3O/c1-9-6-7-19-12(8-9)18-14(15(19)17)13-10(16)4-3-5-11(13)20-2/h3-8H,17H2,1-2H3. The fourth-order valence-electron chi connectivity index (χ4n) is 2.25. The van der Waals surface area contributed by atoms with E-state index in [9.17, 15) is 0 Å². The Balaban J connectivity index is 2.33. The predicted molar refractivity (Wildman–Crippen MR) is 81.3 cm³/mol. The van der Waals surface area contributed by atoms with Gasteiger partial charge in [-0.3, -0.25) is 4.40 Å². The Morgan fingerprint density at radius 1 is 1.30 bits per heavy atom. The van der Waals surface area contributed by atoms with Gasteiger partial charge in [0.25, 0.3) is 0 Å². The van der Waals surface area contributed by atoms with Crippen LogP contribution < -0.4 is 10.5 Å². The molecule has 2 N–H and O–H groups in total. The van der Waals surface area contributed by atoms with Gasteiger partial charge in [0, 0.05) is 6.20 Å². The number of ether oxygens (including phenoxy) is 1. The lowest BCUT2D eigenvalue weighted by Crippen LogP contribution is -1.96. The average Bonchev–Trinajstić information content (AvgIpc) is 2.74. The van der Waals surface area contributed by atoms with Crippen molar-refractivity contribution in [3.05, 3.63) is 47.1 Å². The summed E-state index contributed by atoms with van der Waals surface area (Å²) in [6.45, 7) is 2.01. The molecule has 5 heteroatoms. The summed E-state index contributed by atoms with van der Waals surface area (Å²) in [5.41, 5.74) is 9.47. The fourth-order valence-corrected chi connectivity index (χ4v) is 2.51. The van der Waals surface area contributed by atoms with E-state index >= 15 is 0 Å². The van der Waals surface area contributed by atoms with E-state index in [-0.39, 0.29) is 0 Å². The van der Waals surface area contributed by atoms with Crippen LogP contribution in [-0.2, 0) is 0 Å². The average molecular weight is 288 g/mol. The molecule has 0 aliphatic rings. The van der Waals surface area contributed by atoms with Gasteiger partial charge >= 0.3 is 0 Å². The topological polar surface area (TPSA) is 52.5 Å². The van der Waals surface area contributed by atoms with E-state index in [2.05, 4.69) is 4.98 Å². The SMILES string of the molecule is COc1cccc(Cl)c1-c1nc2cc(C)ccn2c1N. The van der Waals surface area contributed by atoms with Crippen molar-refractivity contribution in [2.75, 3.05) is 12.8 Å². The molecule has 3 aromatic rings. The minimum Gasteiger partial charge on any atom is -0.496 e. The number of aryl methyl sites for hydroxylation is 1. The number of fused-ring (bicyclic) bond motifs is 1. The maximum Gasteiger partial charge on any atom is 0.139 e. The van der Waals surface area contributed by atoms with E-state index in [1.165, 1.54) is 0 Å². The third kappa shape index (κ3) is 1.89. The first kappa shape index (κ1) is 12.8. The Bertz CT molecular complexity index is 795. The highest BCUT2D eigenvalue weighted by molar-refractivity contribution is 6.33. The van der Waals surface area contributed by atoms with Crippen LogP contribution in [0.5, 0.6) is 5.75 Å². The molecular weight excluding hydrogens is 274 g/mol. The first-order valence-corrected chi connectivity index (χ1v) is 6.56. The number of hydrogen-bond acceptors (Lipinski definition) is 3. The second-order valence-corrected chi connectivity index (χ2v) is 5.00. The number of imidazole rings is 1. The zero-order valence-electron chi connectivity index (χ0n) is 11.2. The van der Waals surface area contributed by atoms with Crippen LogP contribution in [0.15, 0.2) is 36.5 Å². The van der Waals surface area contributed by atoms with Crippen molar-refractivity contribution in [3.63, 3.8) is 0 Å². The molecule has 0 aliphatic heterocycles. The van der Waals surface area contributed by atoms with Gasteiger partial charge in [-0.05, 0) is 36.8 Å². The molecule has 20 heavy (non-hydrogen) atoms. The van der Waals surface area contributed by atoms with Crippen LogP contribution in [0.4, 0.5) is 5.82 Å². The number of benzene rings is 1. The fraction of sp³-hybridized carbons (Fsp3) is 0.133. The molecule has 2 aromatic heterocycles. The van der Waals surface area contributed by atoms with Crippen molar-refractivity contribution in [1.82, 2.24) is 9.38 Å². The molecule has 4 nitrogen and oxygen atoms in total. The van der Waals surface area contributed by atoms with Crippen molar-refractivity contribution in [2.24, 2.45) is 0 Å². The van der Waals surface area contributed by atoms with E-state index < -0.39 is 0 Å². The van der Waals surface area contributed by atoms with E-state index in [0.717, 1.165) is 16.8 Å². The van der Waals surface area contributed by atoms with Gasteiger partial charge in [-0.1, -0.05) is 17.7 Å². The molecule has 0 spiro atoms. The number of pyridine rings is 1. The van der Waals surface area contributed by atoms with Crippen molar-refractivity contribution in [2.45, 2.75) is 6.92 Å². The summed E-state index contributed by atoms with van der Waals surface area (Å²) in [6, 6.07) is 9.44. The molecule has 3 rings (SSSR count). The number of halogens is 1. The first-order chi connectivity index (χ1) is 9.61. The van der Waals surface area contributed by atoms with Crippen LogP contribution in [-0.4, -0.2) is 16.5 Å². The summed E-state index contributed by atoms with van der Waals surface area (Å²) in [5.74, 6) is 1.20. The molecule has 0 amide bonds. The molecule has 1 aromatic carbocycles. The number of hydrogen-bond donors (Lipinski definition) is 1. The lowest BCUT2D eigenvalue weighted by Gasteiger charge is -2.08. The molecule has 0 saturated heterocycles. The van der Waals surface area contributed by atoms with Gasteiger partial charge in [0.05, 0.1) is 17.7 Å². The van der Waals surface area contributed by atoms with Crippen LogP contribution in [0.3, 0.4) is 0 Å². The second-order valence-electron chi connectivity index (χ2n) is 4.60. The van der Waals surface area contributed by atoms with Gasteiger partial charge in [0.1, 0.15) is 22.9 Å². The third-order valence-corrected chi connectivity index (χ3v) is 3.57. The summed E-state index contributed by atoms with van der Waals surface area (Å²) in [4.78, 5) is 4.59. The Morgan fingerprint density at radius 3 is 2.85 bits per heavy atom. The summed E-state index contributed by atoms with van der Waals surface area (Å²) in [7, 11) is 1.60. The number of anilines is 1. The molecular formula is C15H14ClN3O. The van der Waals surface area contributed by atoms with Crippen molar-refractivity contribution in [3.8, 4) is 17.0 Å². The lowest BCUT2D eigenvalue weighted by molar-refractivity contribution is 0.416. The number of nitrogens with two attached hydrogens (primary N) is 1. The monoisotopic (exact) mass is 287 g/mol. The Labute approximate surface area is 121 Å². The molecule has 0 unspecified atom stereocenters. The maximum absolute atomic E-state index is 6.29. The number of nitrogens with zero attached hydrogens (tertiary/aromatic N) is 2. The molecule has 0 saturated carbocycles. The van der Waals surface area contributed by atoms with Crippen molar-refractivity contribution in [1.29, 1.82) is 0 Å². The van der Waals surface area contributed by atoms with Gasteiger partial charge < -0.3 is 10.5 Å². The normalized spacial score (nSPS) is 10.9. The van der Waals surface area contributed by atoms with Crippen LogP contribution in [0.25, 0.3) is 16.9 Å². The molecule has 0 aliphatic carbocycles. The summed E-state index contributed by atoms with van der Waals surface area (Å²) in [5, 5.41) is 0.566. The van der Waals surface area contributed by atoms with E-state index in [1.54, 1.807) is 13.2 Å². The number of methoxy groups -OCH3 is 1. The molecule has 0 fully saturated rings. The quantitative estimate of drug-likeness (QED) is 0.784. The van der Waals surface area contributed by atoms with Crippen LogP contribution >= 0.6 is 11.6 Å². The molecule has 0 atom stereocenters. The minimum atomic E-state index is 0.548. The van der Waals surface area contributed by atoms with Gasteiger partial charge in [0.15, 0.2) is 0 Å². The summed E-state index contributed by atoms with van der Waals surface area (Å²) >= 11 is 6.29. The highest BCUT2D eigenvalue weighted by atomic mass is 35.5. The highest BCUT2D eigenvalue weighted by Crippen LogP contribution is 2.38. The van der Waals surface area contributed by atoms with Crippen molar-refractivity contribution >= 4 is 23.1 Å². The van der Waals surface area contributed by atoms with Crippen molar-refractivity contribution < 1.29 is 4.74 Å². The van der Waals surface area contributed by atoms with Gasteiger partial charge in [-0.15, -0.1) is 0 Å². The highest BCUT2D eigenvalue weighted by Gasteiger charge is 2.18. The minimum absolute atomic E-state index is 0.548. The third-order valence-electron chi connectivity index (χ3n) is 3.25. The molecule has 0 bridgehead atoms. The van der Waals surface area contributed by atoms with E-state index in [4.69, 9.17) is 22.1 Å². The second kappa shape index (κ2) is 4.72. The predicted octanol–water partition coefficient (Wildman–Crippen LogP) is 3.55. The van der Waals surface area contributed by atoms with Crippen LogP contribution in [0.2, 0.25) is 5.02 Å². The first-order valence-electron chi connectivity index (χ1n) is 6.19. The number of nitrogen functional groups attached to an aromatic ring is 1. The van der Waals surface area contributed by atoms with E-state index in [0.29, 0.717) is 22.3 Å². The Hall–Kier alpha value is -2.20. The number of rotatable bonds is 2. The lowest BCUT2D eigenvalue weighted by atomic mass is 10.1.